The molecule has 178 valence electrons. The van der Waals surface area contributed by atoms with Gasteiger partial charge < -0.3 is 4.90 Å². The van der Waals surface area contributed by atoms with E-state index in [0.29, 0.717) is 25.2 Å². The molecule has 0 aliphatic carbocycles. The maximum Gasteiger partial charge on any atom is 0.279 e. The fourth-order valence-corrected chi connectivity index (χ4v) is 5.97. The predicted octanol–water partition coefficient (Wildman–Crippen LogP) is 2.78. The van der Waals surface area contributed by atoms with Crippen molar-refractivity contribution in [3.8, 4) is 22.0 Å². The van der Waals surface area contributed by atoms with Gasteiger partial charge in [-0.1, -0.05) is 25.8 Å². The van der Waals surface area contributed by atoms with Crippen LogP contribution in [-0.4, -0.2) is 77.1 Å². The van der Waals surface area contributed by atoms with E-state index in [-0.39, 0.29) is 6.54 Å². The number of hydrogen-bond acceptors (Lipinski definition) is 7. The van der Waals surface area contributed by atoms with Crippen molar-refractivity contribution in [3.63, 3.8) is 0 Å². The topological polar surface area (TPSA) is 107 Å². The lowest BCUT2D eigenvalue weighted by Crippen LogP contribution is -2.52. The third-order valence-corrected chi connectivity index (χ3v) is 8.34. The van der Waals surface area contributed by atoms with Crippen molar-refractivity contribution >= 4 is 21.5 Å². The van der Waals surface area contributed by atoms with Crippen LogP contribution in [0.1, 0.15) is 31.7 Å². The minimum atomic E-state index is -3.53. The number of H-pyrrole nitrogens is 1. The van der Waals surface area contributed by atoms with E-state index in [1.165, 1.54) is 19.3 Å². The molecule has 33 heavy (non-hydrogen) atoms. The summed E-state index contributed by atoms with van der Waals surface area (Å²) in [5.74, 6) is 0. The first kappa shape index (κ1) is 24.0. The molecule has 3 aromatic rings. The summed E-state index contributed by atoms with van der Waals surface area (Å²) in [6, 6.07) is 3.99. The summed E-state index contributed by atoms with van der Waals surface area (Å²) in [7, 11) is -3.53. The summed E-state index contributed by atoms with van der Waals surface area (Å²) in [6.07, 6.45) is 9.02. The molecule has 4 heterocycles. The van der Waals surface area contributed by atoms with Gasteiger partial charge in [-0.05, 0) is 30.8 Å². The van der Waals surface area contributed by atoms with Crippen molar-refractivity contribution in [2.24, 2.45) is 0 Å². The monoisotopic (exact) mass is 489 g/mol. The smallest absolute Gasteiger partial charge is 0.279 e. The fraction of sp³-hybridized carbons (Fsp3) is 0.500. The molecule has 1 saturated heterocycles. The van der Waals surface area contributed by atoms with Gasteiger partial charge in [0, 0.05) is 50.7 Å². The van der Waals surface area contributed by atoms with Crippen LogP contribution in [0.5, 0.6) is 0 Å². The number of hydrogen-bond donors (Lipinski definition) is 2. The van der Waals surface area contributed by atoms with Crippen LogP contribution >= 0.6 is 11.3 Å². The van der Waals surface area contributed by atoms with Crippen LogP contribution in [-0.2, 0) is 16.6 Å². The average molecular weight is 490 g/mol. The summed E-state index contributed by atoms with van der Waals surface area (Å²) in [6.45, 7) is 6.14. The Morgan fingerprint density at radius 2 is 2.03 bits per heavy atom. The molecule has 0 aromatic carbocycles. The van der Waals surface area contributed by atoms with Crippen LogP contribution in [0.25, 0.3) is 22.0 Å². The molecule has 4 rings (SSSR count). The average Bonchev–Trinajstić information content (AvgIpc) is 3.50. The molecule has 3 aromatic heterocycles. The van der Waals surface area contributed by atoms with Crippen LogP contribution in [0.4, 0.5) is 0 Å². The molecule has 1 aliphatic heterocycles. The molecule has 0 saturated carbocycles. The minimum absolute atomic E-state index is 0.282. The van der Waals surface area contributed by atoms with Gasteiger partial charge in [-0.25, -0.2) is 4.72 Å². The first-order valence-electron chi connectivity index (χ1n) is 11.4. The van der Waals surface area contributed by atoms with E-state index < -0.39 is 10.2 Å². The number of thiophene rings is 1. The zero-order chi connectivity index (χ0) is 23.1. The van der Waals surface area contributed by atoms with Crippen molar-refractivity contribution < 1.29 is 8.42 Å². The van der Waals surface area contributed by atoms with E-state index in [9.17, 15) is 8.42 Å². The maximum atomic E-state index is 12.9. The van der Waals surface area contributed by atoms with E-state index in [1.807, 2.05) is 17.5 Å². The number of piperazine rings is 1. The quantitative estimate of drug-likeness (QED) is 0.401. The van der Waals surface area contributed by atoms with E-state index in [2.05, 4.69) is 36.7 Å². The Morgan fingerprint density at radius 3 is 2.73 bits per heavy atom. The second-order valence-electron chi connectivity index (χ2n) is 8.09. The minimum Gasteiger partial charge on any atom is -0.301 e. The number of rotatable bonds is 11. The van der Waals surface area contributed by atoms with Gasteiger partial charge in [0.05, 0.1) is 16.8 Å². The SMILES string of the molecule is CCCCCN1CCN(S(=O)(=O)NCCc2c(-c3cccs3)n[nH]c2-c2cnccn2)CC1. The molecule has 0 radical (unpaired) electrons. The van der Waals surface area contributed by atoms with Gasteiger partial charge in [-0.2, -0.15) is 17.8 Å². The largest absolute Gasteiger partial charge is 0.301 e. The first-order valence-corrected chi connectivity index (χ1v) is 13.7. The van der Waals surface area contributed by atoms with Gasteiger partial charge in [0.1, 0.15) is 11.4 Å². The Labute approximate surface area is 199 Å². The fourth-order valence-electron chi connectivity index (χ4n) is 4.04. The molecule has 0 spiro atoms. The highest BCUT2D eigenvalue weighted by Gasteiger charge is 2.27. The van der Waals surface area contributed by atoms with Gasteiger partial charge in [-0.15, -0.1) is 11.3 Å². The van der Waals surface area contributed by atoms with Crippen LogP contribution in [0.15, 0.2) is 36.1 Å². The molecule has 0 amide bonds. The summed E-state index contributed by atoms with van der Waals surface area (Å²) >= 11 is 1.60. The number of aromatic amines is 1. The van der Waals surface area contributed by atoms with Crippen molar-refractivity contribution in [2.75, 3.05) is 39.3 Å². The first-order chi connectivity index (χ1) is 16.1. The number of unbranched alkanes of at least 4 members (excludes halogenated alkanes) is 2. The van der Waals surface area contributed by atoms with Gasteiger partial charge >= 0.3 is 0 Å². The van der Waals surface area contributed by atoms with E-state index in [4.69, 9.17) is 0 Å². The van der Waals surface area contributed by atoms with Crippen molar-refractivity contribution in [1.82, 2.24) is 34.1 Å². The Kier molecular flexibility index (Phi) is 8.20. The third-order valence-electron chi connectivity index (χ3n) is 5.85. The Morgan fingerprint density at radius 1 is 1.18 bits per heavy atom. The van der Waals surface area contributed by atoms with Crippen LogP contribution in [0, 0.1) is 0 Å². The van der Waals surface area contributed by atoms with Crippen LogP contribution < -0.4 is 4.72 Å². The molecule has 0 unspecified atom stereocenters. The standard InChI is InChI=1S/C22H31N7O2S2/c1-2-3-4-11-28-12-14-29(15-13-28)33(30,31)25-8-7-18-21(19-17-23-9-10-24-19)26-27-22(18)20-6-5-16-32-20/h5-6,9-10,16-17,25H,2-4,7-8,11-15H2,1H3,(H,26,27). The Bertz CT molecular complexity index is 1090. The molecule has 0 bridgehead atoms. The van der Waals surface area contributed by atoms with E-state index in [0.717, 1.165) is 41.5 Å². The maximum absolute atomic E-state index is 12.9. The van der Waals surface area contributed by atoms with E-state index >= 15 is 0 Å². The Hall–Kier alpha value is -2.18. The van der Waals surface area contributed by atoms with Crippen molar-refractivity contribution in [1.29, 1.82) is 0 Å². The van der Waals surface area contributed by atoms with Crippen molar-refractivity contribution in [3.05, 3.63) is 41.7 Å². The molecule has 0 atom stereocenters. The van der Waals surface area contributed by atoms with Gasteiger partial charge in [-0.3, -0.25) is 15.1 Å². The highest BCUT2D eigenvalue weighted by Crippen LogP contribution is 2.32. The van der Waals surface area contributed by atoms with Gasteiger partial charge in [0.15, 0.2) is 0 Å². The molecule has 1 fully saturated rings. The third kappa shape index (κ3) is 6.04. The molecular weight excluding hydrogens is 458 g/mol. The van der Waals surface area contributed by atoms with Crippen molar-refractivity contribution in [2.45, 2.75) is 32.6 Å². The van der Waals surface area contributed by atoms with Crippen LogP contribution in [0.2, 0.25) is 0 Å². The summed E-state index contributed by atoms with van der Waals surface area (Å²) in [5.41, 5.74) is 3.21. The lowest BCUT2D eigenvalue weighted by atomic mass is 10.1. The summed E-state index contributed by atoms with van der Waals surface area (Å²) in [4.78, 5) is 11.9. The highest BCUT2D eigenvalue weighted by molar-refractivity contribution is 7.87. The lowest BCUT2D eigenvalue weighted by Gasteiger charge is -2.33. The zero-order valence-corrected chi connectivity index (χ0v) is 20.5. The molecule has 2 N–H and O–H groups in total. The number of nitrogens with one attached hydrogen (secondary N) is 2. The zero-order valence-electron chi connectivity index (χ0n) is 18.9. The second kappa shape index (κ2) is 11.3. The highest BCUT2D eigenvalue weighted by atomic mass is 32.2. The van der Waals surface area contributed by atoms with Crippen LogP contribution in [0.3, 0.4) is 0 Å². The molecule has 11 heteroatoms. The molecule has 1 aliphatic rings. The number of nitrogens with zero attached hydrogens (tertiary/aromatic N) is 5. The predicted molar refractivity (Wildman–Crippen MR) is 131 cm³/mol. The summed E-state index contributed by atoms with van der Waals surface area (Å²) < 4.78 is 30.2. The van der Waals surface area contributed by atoms with E-state index in [1.54, 1.807) is 34.2 Å². The molecule has 9 nitrogen and oxygen atoms in total. The summed E-state index contributed by atoms with van der Waals surface area (Å²) in [5, 5.41) is 9.58. The number of aromatic nitrogens is 4. The Balaban J connectivity index is 1.39. The second-order valence-corrected chi connectivity index (χ2v) is 10.8. The molecular formula is C22H31N7O2S2. The lowest BCUT2D eigenvalue weighted by molar-refractivity contribution is 0.184. The van der Waals surface area contributed by atoms with Gasteiger partial charge in [0.25, 0.3) is 10.2 Å². The van der Waals surface area contributed by atoms with Gasteiger partial charge in [0.2, 0.25) is 0 Å². The normalized spacial score (nSPS) is 15.8.